The van der Waals surface area contributed by atoms with Crippen molar-refractivity contribution in [3.05, 3.63) is 94.8 Å². The smallest absolute Gasteiger partial charge is 0.254 e. The molecule has 0 atom stereocenters. The molecule has 3 heteroatoms. The summed E-state index contributed by atoms with van der Waals surface area (Å²) in [6.45, 7) is 8.65. The topological polar surface area (TPSA) is 25.2 Å². The van der Waals surface area contributed by atoms with Crippen LogP contribution in [0.15, 0.2) is 66.9 Å². The normalized spacial score (nSPS) is 10.9. The molecule has 3 nitrogen and oxygen atoms in total. The molecular weight excluding hydrogens is 356 g/mol. The number of unbranched alkanes of at least 4 members (excludes halogenated alkanes) is 1. The van der Waals surface area contributed by atoms with Gasteiger partial charge in [0, 0.05) is 30.5 Å². The van der Waals surface area contributed by atoms with Crippen molar-refractivity contribution in [1.82, 2.24) is 9.47 Å². The van der Waals surface area contributed by atoms with E-state index in [9.17, 15) is 4.79 Å². The molecule has 1 heterocycles. The first kappa shape index (κ1) is 20.9. The SMILES string of the molecule is CCCCN(Cc1cccn1Cc1cccc(C)c1)C(=O)c1ccc(CC)cc1. The third-order valence-corrected chi connectivity index (χ3v) is 5.39. The van der Waals surface area contributed by atoms with Gasteiger partial charge in [0.25, 0.3) is 5.91 Å². The van der Waals surface area contributed by atoms with E-state index in [1.807, 2.05) is 17.0 Å². The summed E-state index contributed by atoms with van der Waals surface area (Å²) in [4.78, 5) is 15.2. The summed E-state index contributed by atoms with van der Waals surface area (Å²) in [6.07, 6.45) is 5.18. The molecule has 3 aromatic rings. The van der Waals surface area contributed by atoms with E-state index in [4.69, 9.17) is 0 Å². The van der Waals surface area contributed by atoms with Gasteiger partial charge in [-0.25, -0.2) is 0 Å². The first-order chi connectivity index (χ1) is 14.1. The van der Waals surface area contributed by atoms with Crippen LogP contribution in [0.25, 0.3) is 0 Å². The Labute approximate surface area is 175 Å². The Balaban J connectivity index is 1.78. The van der Waals surface area contributed by atoms with Crippen molar-refractivity contribution >= 4 is 5.91 Å². The Morgan fingerprint density at radius 2 is 1.76 bits per heavy atom. The van der Waals surface area contributed by atoms with E-state index >= 15 is 0 Å². The lowest BCUT2D eigenvalue weighted by Crippen LogP contribution is -2.32. The van der Waals surface area contributed by atoms with E-state index in [0.29, 0.717) is 6.54 Å². The van der Waals surface area contributed by atoms with E-state index in [2.05, 4.69) is 80.1 Å². The molecule has 0 saturated heterocycles. The highest BCUT2D eigenvalue weighted by Gasteiger charge is 2.17. The molecule has 2 aromatic carbocycles. The van der Waals surface area contributed by atoms with Crippen molar-refractivity contribution in [3.8, 4) is 0 Å². The van der Waals surface area contributed by atoms with Crippen LogP contribution in [0.4, 0.5) is 0 Å². The quantitative estimate of drug-likeness (QED) is 0.451. The van der Waals surface area contributed by atoms with Crippen molar-refractivity contribution in [3.63, 3.8) is 0 Å². The van der Waals surface area contributed by atoms with Crippen LogP contribution in [0.2, 0.25) is 0 Å². The molecular formula is C26H32N2O. The minimum Gasteiger partial charge on any atom is -0.345 e. The summed E-state index contributed by atoms with van der Waals surface area (Å²) in [5.74, 6) is 0.115. The van der Waals surface area contributed by atoms with Crippen LogP contribution in [-0.2, 0) is 19.5 Å². The first-order valence-electron chi connectivity index (χ1n) is 10.7. The van der Waals surface area contributed by atoms with Gasteiger partial charge in [0.05, 0.1) is 6.54 Å². The van der Waals surface area contributed by atoms with Crippen LogP contribution in [-0.4, -0.2) is 21.9 Å². The molecule has 0 bridgehead atoms. The zero-order valence-corrected chi connectivity index (χ0v) is 17.9. The number of hydrogen-bond donors (Lipinski definition) is 0. The third kappa shape index (κ3) is 5.60. The molecule has 1 amide bonds. The third-order valence-electron chi connectivity index (χ3n) is 5.39. The molecule has 29 heavy (non-hydrogen) atoms. The Morgan fingerprint density at radius 3 is 2.45 bits per heavy atom. The first-order valence-corrected chi connectivity index (χ1v) is 10.7. The second-order valence-electron chi connectivity index (χ2n) is 7.75. The van der Waals surface area contributed by atoms with Crippen LogP contribution >= 0.6 is 0 Å². The minimum absolute atomic E-state index is 0.115. The molecule has 0 radical (unpaired) electrons. The van der Waals surface area contributed by atoms with E-state index in [1.165, 1.54) is 22.4 Å². The molecule has 0 aliphatic carbocycles. The van der Waals surface area contributed by atoms with Crippen LogP contribution < -0.4 is 0 Å². The number of benzene rings is 2. The molecule has 0 aliphatic heterocycles. The number of hydrogen-bond acceptors (Lipinski definition) is 1. The highest BCUT2D eigenvalue weighted by atomic mass is 16.2. The van der Waals surface area contributed by atoms with E-state index in [0.717, 1.165) is 37.9 Å². The summed E-state index contributed by atoms with van der Waals surface area (Å²) in [5, 5.41) is 0. The highest BCUT2D eigenvalue weighted by molar-refractivity contribution is 5.94. The van der Waals surface area contributed by atoms with Gasteiger partial charge in [-0.1, -0.05) is 62.2 Å². The average molecular weight is 389 g/mol. The molecule has 0 spiro atoms. The number of carbonyl (C=O) groups is 1. The molecule has 0 unspecified atom stereocenters. The van der Waals surface area contributed by atoms with Gasteiger partial charge in [0.15, 0.2) is 0 Å². The minimum atomic E-state index is 0.115. The molecule has 0 aliphatic rings. The van der Waals surface area contributed by atoms with Crippen LogP contribution in [0, 0.1) is 6.92 Å². The molecule has 3 rings (SSSR count). The second kappa shape index (κ2) is 10.1. The predicted octanol–water partition coefficient (Wildman–Crippen LogP) is 5.85. The zero-order chi connectivity index (χ0) is 20.6. The summed E-state index contributed by atoms with van der Waals surface area (Å²) >= 11 is 0. The lowest BCUT2D eigenvalue weighted by Gasteiger charge is -2.24. The van der Waals surface area contributed by atoms with Gasteiger partial charge in [-0.15, -0.1) is 0 Å². The Bertz CT molecular complexity index is 924. The van der Waals surface area contributed by atoms with Crippen molar-refractivity contribution in [2.45, 2.75) is 53.1 Å². The van der Waals surface area contributed by atoms with Gasteiger partial charge < -0.3 is 9.47 Å². The summed E-state index contributed by atoms with van der Waals surface area (Å²) in [6, 6.07) is 20.9. The van der Waals surface area contributed by atoms with Gasteiger partial charge in [-0.3, -0.25) is 4.79 Å². The second-order valence-corrected chi connectivity index (χ2v) is 7.75. The number of aromatic nitrogens is 1. The highest BCUT2D eigenvalue weighted by Crippen LogP contribution is 2.15. The maximum Gasteiger partial charge on any atom is 0.254 e. The van der Waals surface area contributed by atoms with Crippen molar-refractivity contribution in [1.29, 1.82) is 0 Å². The van der Waals surface area contributed by atoms with E-state index in [1.54, 1.807) is 0 Å². The molecule has 0 fully saturated rings. The number of nitrogens with zero attached hydrogens (tertiary/aromatic N) is 2. The summed E-state index contributed by atoms with van der Waals surface area (Å²) in [5.41, 5.74) is 5.75. The lowest BCUT2D eigenvalue weighted by atomic mass is 10.1. The Hall–Kier alpha value is -2.81. The Morgan fingerprint density at radius 1 is 0.966 bits per heavy atom. The summed E-state index contributed by atoms with van der Waals surface area (Å²) in [7, 11) is 0. The van der Waals surface area contributed by atoms with Crippen LogP contribution in [0.3, 0.4) is 0 Å². The van der Waals surface area contributed by atoms with Crippen molar-refractivity contribution < 1.29 is 4.79 Å². The fourth-order valence-electron chi connectivity index (χ4n) is 3.62. The van der Waals surface area contributed by atoms with Crippen molar-refractivity contribution in [2.75, 3.05) is 6.54 Å². The molecule has 0 saturated carbocycles. The molecule has 0 N–H and O–H groups in total. The monoisotopic (exact) mass is 388 g/mol. The lowest BCUT2D eigenvalue weighted by molar-refractivity contribution is 0.0737. The van der Waals surface area contributed by atoms with Crippen molar-refractivity contribution in [2.24, 2.45) is 0 Å². The molecule has 1 aromatic heterocycles. The fourth-order valence-corrected chi connectivity index (χ4v) is 3.62. The number of amides is 1. The predicted molar refractivity (Wildman–Crippen MR) is 120 cm³/mol. The number of carbonyl (C=O) groups excluding carboxylic acids is 1. The fraction of sp³-hybridized carbons (Fsp3) is 0.346. The van der Waals surface area contributed by atoms with Gasteiger partial charge in [0.2, 0.25) is 0 Å². The largest absolute Gasteiger partial charge is 0.345 e. The maximum absolute atomic E-state index is 13.2. The van der Waals surface area contributed by atoms with E-state index in [-0.39, 0.29) is 5.91 Å². The van der Waals surface area contributed by atoms with Crippen LogP contribution in [0.5, 0.6) is 0 Å². The van der Waals surface area contributed by atoms with Gasteiger partial charge in [-0.05, 0) is 55.2 Å². The van der Waals surface area contributed by atoms with Crippen LogP contribution in [0.1, 0.15) is 59.4 Å². The summed E-state index contributed by atoms with van der Waals surface area (Å²) < 4.78 is 2.25. The standard InChI is InChI=1S/C26H32N2O/c1-4-6-16-28(26(29)24-14-12-22(5-2)13-15-24)20-25-11-8-17-27(25)19-23-10-7-9-21(3)18-23/h7-15,17-18H,4-6,16,19-20H2,1-3H3. The molecule has 152 valence electrons. The number of rotatable bonds is 9. The zero-order valence-electron chi connectivity index (χ0n) is 17.9. The van der Waals surface area contributed by atoms with Gasteiger partial charge in [-0.2, -0.15) is 0 Å². The van der Waals surface area contributed by atoms with E-state index < -0.39 is 0 Å². The number of aryl methyl sites for hydroxylation is 2. The van der Waals surface area contributed by atoms with Gasteiger partial charge >= 0.3 is 0 Å². The maximum atomic E-state index is 13.2. The van der Waals surface area contributed by atoms with Gasteiger partial charge in [0.1, 0.15) is 0 Å². The Kier molecular flexibility index (Phi) is 7.29. The average Bonchev–Trinajstić information content (AvgIpc) is 3.17.